The average Bonchev–Trinajstić information content (AvgIpc) is 2.84. The molecule has 98 valence electrons. The monoisotopic (exact) mass is 260 g/mol. The summed E-state index contributed by atoms with van der Waals surface area (Å²) in [5.41, 5.74) is 12.1. The molecule has 0 saturated carbocycles. The number of fused-ring (bicyclic) bond motifs is 3. The van der Waals surface area contributed by atoms with Gasteiger partial charge in [-0.3, -0.25) is 0 Å². The number of aromatic nitrogens is 1. The van der Waals surface area contributed by atoms with Crippen LogP contribution in [0.25, 0.3) is 22.7 Å². The highest BCUT2D eigenvalue weighted by molar-refractivity contribution is 5.97. The van der Waals surface area contributed by atoms with Crippen molar-refractivity contribution in [2.75, 3.05) is 5.73 Å². The molecular formula is C18H16N2. The number of anilines is 1. The first-order valence-corrected chi connectivity index (χ1v) is 7.00. The summed E-state index contributed by atoms with van der Waals surface area (Å²) >= 11 is 0. The van der Waals surface area contributed by atoms with Crippen LogP contribution in [0.1, 0.15) is 17.7 Å². The maximum atomic E-state index is 6.26. The lowest BCUT2D eigenvalue weighted by Crippen LogP contribution is -2.01. The Morgan fingerprint density at radius 1 is 0.950 bits per heavy atom. The van der Waals surface area contributed by atoms with E-state index < -0.39 is 0 Å². The second-order valence-electron chi connectivity index (χ2n) is 5.22. The van der Waals surface area contributed by atoms with Crippen molar-refractivity contribution in [2.45, 2.75) is 12.8 Å². The second kappa shape index (κ2) is 4.27. The van der Waals surface area contributed by atoms with E-state index >= 15 is 0 Å². The van der Waals surface area contributed by atoms with Gasteiger partial charge in [-0.1, -0.05) is 36.4 Å². The summed E-state index contributed by atoms with van der Waals surface area (Å²) in [7, 11) is 0. The predicted octanol–water partition coefficient (Wildman–Crippen LogP) is 4.17. The SMILES string of the molecule is Nc1cccc2c3c(n(-c4ccccc4)c12)C=CCC3. The van der Waals surface area contributed by atoms with Gasteiger partial charge in [0.05, 0.1) is 11.2 Å². The number of rotatable bonds is 1. The van der Waals surface area contributed by atoms with Crippen LogP contribution in [0.2, 0.25) is 0 Å². The number of allylic oxidation sites excluding steroid dienone is 1. The predicted molar refractivity (Wildman–Crippen MR) is 85.0 cm³/mol. The Morgan fingerprint density at radius 2 is 1.80 bits per heavy atom. The Morgan fingerprint density at radius 3 is 2.65 bits per heavy atom. The first kappa shape index (κ1) is 11.4. The zero-order chi connectivity index (χ0) is 13.5. The fraction of sp³-hybridized carbons (Fsp3) is 0.111. The molecule has 0 saturated heterocycles. The lowest BCUT2D eigenvalue weighted by molar-refractivity contribution is 0.968. The quantitative estimate of drug-likeness (QED) is 0.654. The first-order chi connectivity index (χ1) is 9.86. The smallest absolute Gasteiger partial charge is 0.0767 e. The topological polar surface area (TPSA) is 30.9 Å². The summed E-state index contributed by atoms with van der Waals surface area (Å²) in [6.45, 7) is 0. The molecule has 1 aliphatic rings. The molecule has 2 heteroatoms. The van der Waals surface area contributed by atoms with Crippen LogP contribution in [0.4, 0.5) is 5.69 Å². The molecule has 2 nitrogen and oxygen atoms in total. The fourth-order valence-electron chi connectivity index (χ4n) is 3.15. The molecule has 0 aliphatic heterocycles. The molecule has 1 heterocycles. The highest BCUT2D eigenvalue weighted by Crippen LogP contribution is 2.36. The first-order valence-electron chi connectivity index (χ1n) is 7.00. The molecule has 0 spiro atoms. The number of nitrogens with two attached hydrogens (primary N) is 1. The van der Waals surface area contributed by atoms with Gasteiger partial charge >= 0.3 is 0 Å². The molecule has 0 fully saturated rings. The van der Waals surface area contributed by atoms with Crippen molar-refractivity contribution in [1.82, 2.24) is 4.57 Å². The Bertz CT molecular complexity index is 810. The van der Waals surface area contributed by atoms with Crippen molar-refractivity contribution in [2.24, 2.45) is 0 Å². The highest BCUT2D eigenvalue weighted by Gasteiger charge is 2.19. The molecule has 2 N–H and O–H groups in total. The van der Waals surface area contributed by atoms with E-state index in [0.717, 1.165) is 24.0 Å². The molecular weight excluding hydrogens is 244 g/mol. The summed E-state index contributed by atoms with van der Waals surface area (Å²) in [5, 5.41) is 1.29. The van der Waals surface area contributed by atoms with E-state index in [1.165, 1.54) is 22.3 Å². The molecule has 0 amide bonds. The number of nitrogens with zero attached hydrogens (tertiary/aromatic N) is 1. The summed E-state index contributed by atoms with van der Waals surface area (Å²) in [6, 6.07) is 16.7. The Balaban J connectivity index is 2.17. The van der Waals surface area contributed by atoms with Gasteiger partial charge in [0.15, 0.2) is 0 Å². The van der Waals surface area contributed by atoms with Gasteiger partial charge in [0.25, 0.3) is 0 Å². The van der Waals surface area contributed by atoms with Crippen molar-refractivity contribution in [3.8, 4) is 5.69 Å². The maximum Gasteiger partial charge on any atom is 0.0767 e. The van der Waals surface area contributed by atoms with Crippen LogP contribution in [0.15, 0.2) is 54.6 Å². The van der Waals surface area contributed by atoms with Crippen LogP contribution in [0.3, 0.4) is 0 Å². The largest absolute Gasteiger partial charge is 0.397 e. The van der Waals surface area contributed by atoms with Gasteiger partial charge in [-0.2, -0.15) is 0 Å². The molecule has 2 aromatic carbocycles. The van der Waals surface area contributed by atoms with Crippen LogP contribution < -0.4 is 5.73 Å². The highest BCUT2D eigenvalue weighted by atomic mass is 15.0. The molecule has 1 aromatic heterocycles. The normalized spacial score (nSPS) is 13.6. The molecule has 4 rings (SSSR count). The van der Waals surface area contributed by atoms with Crippen LogP contribution >= 0.6 is 0 Å². The van der Waals surface area contributed by atoms with Crippen LogP contribution in [-0.4, -0.2) is 4.57 Å². The maximum absolute atomic E-state index is 6.26. The van der Waals surface area contributed by atoms with Crippen molar-refractivity contribution in [1.29, 1.82) is 0 Å². The molecule has 0 bridgehead atoms. The minimum Gasteiger partial charge on any atom is -0.397 e. The van der Waals surface area contributed by atoms with E-state index in [1.807, 2.05) is 18.2 Å². The molecule has 0 radical (unpaired) electrons. The van der Waals surface area contributed by atoms with Crippen molar-refractivity contribution in [3.05, 3.63) is 65.9 Å². The Hall–Kier alpha value is -2.48. The zero-order valence-electron chi connectivity index (χ0n) is 11.2. The minimum absolute atomic E-state index is 0.842. The number of nitrogen functional groups attached to an aromatic ring is 1. The number of benzene rings is 2. The van der Waals surface area contributed by atoms with Crippen LogP contribution in [-0.2, 0) is 6.42 Å². The molecule has 0 unspecified atom stereocenters. The summed E-state index contributed by atoms with van der Waals surface area (Å²) in [5.74, 6) is 0. The van der Waals surface area contributed by atoms with Gasteiger partial charge in [-0.25, -0.2) is 0 Å². The van der Waals surface area contributed by atoms with E-state index in [0.29, 0.717) is 0 Å². The summed E-state index contributed by atoms with van der Waals surface area (Å²) in [4.78, 5) is 0. The van der Waals surface area contributed by atoms with Gasteiger partial charge in [0.1, 0.15) is 0 Å². The van der Waals surface area contributed by atoms with Crippen molar-refractivity contribution in [3.63, 3.8) is 0 Å². The summed E-state index contributed by atoms with van der Waals surface area (Å²) in [6.07, 6.45) is 6.67. The van der Waals surface area contributed by atoms with Gasteiger partial charge in [0, 0.05) is 16.8 Å². The van der Waals surface area contributed by atoms with Gasteiger partial charge < -0.3 is 10.3 Å². The molecule has 0 atom stereocenters. The average molecular weight is 260 g/mol. The third-order valence-electron chi connectivity index (χ3n) is 4.02. The van der Waals surface area contributed by atoms with Gasteiger partial charge in [-0.15, -0.1) is 0 Å². The second-order valence-corrected chi connectivity index (χ2v) is 5.22. The third kappa shape index (κ3) is 1.51. The van der Waals surface area contributed by atoms with E-state index in [1.54, 1.807) is 0 Å². The molecule has 1 aliphatic carbocycles. The number of hydrogen-bond donors (Lipinski definition) is 1. The Labute approximate surface area is 118 Å². The Kier molecular flexibility index (Phi) is 2.43. The fourth-order valence-corrected chi connectivity index (χ4v) is 3.15. The van der Waals surface area contributed by atoms with Crippen LogP contribution in [0, 0.1) is 0 Å². The van der Waals surface area contributed by atoms with Crippen LogP contribution in [0.5, 0.6) is 0 Å². The van der Waals surface area contributed by atoms with Gasteiger partial charge in [-0.05, 0) is 42.7 Å². The van der Waals surface area contributed by atoms with Crippen molar-refractivity contribution < 1.29 is 0 Å². The molecule has 20 heavy (non-hydrogen) atoms. The van der Waals surface area contributed by atoms with E-state index in [-0.39, 0.29) is 0 Å². The van der Waals surface area contributed by atoms with Gasteiger partial charge in [0.2, 0.25) is 0 Å². The van der Waals surface area contributed by atoms with E-state index in [4.69, 9.17) is 5.73 Å². The molecule has 3 aromatic rings. The minimum atomic E-state index is 0.842. The standard InChI is InChI=1S/C18H16N2/c19-16-11-6-10-15-14-9-4-5-12-17(14)20(18(15)16)13-7-2-1-3-8-13/h1-3,5-8,10-12H,4,9,19H2. The van der Waals surface area contributed by atoms with E-state index in [2.05, 4.69) is 47.1 Å². The van der Waals surface area contributed by atoms with Crippen molar-refractivity contribution >= 4 is 22.7 Å². The third-order valence-corrected chi connectivity index (χ3v) is 4.02. The lowest BCUT2D eigenvalue weighted by atomic mass is 10.0. The number of hydrogen-bond acceptors (Lipinski definition) is 1. The number of aryl methyl sites for hydroxylation is 1. The number of para-hydroxylation sites is 2. The summed E-state index contributed by atoms with van der Waals surface area (Å²) < 4.78 is 2.29. The van der Waals surface area contributed by atoms with E-state index in [9.17, 15) is 0 Å². The zero-order valence-corrected chi connectivity index (χ0v) is 11.2. The lowest BCUT2D eigenvalue weighted by Gasteiger charge is -2.12.